The van der Waals surface area contributed by atoms with E-state index in [1.54, 1.807) is 16.8 Å². The molecule has 116 valence electrons. The van der Waals surface area contributed by atoms with Gasteiger partial charge in [0.15, 0.2) is 5.82 Å². The first kappa shape index (κ1) is 15.5. The number of hydrogen-bond donors (Lipinski definition) is 1. The van der Waals surface area contributed by atoms with Crippen LogP contribution in [0.2, 0.25) is 10.0 Å². The average molecular weight is 348 g/mol. The highest BCUT2D eigenvalue weighted by atomic mass is 35.5. The standard InChI is InChI=1S/C15H11Cl2N5O/c16-10-6-7-12(13(17)8-10)15(23)18-9-14-19-20-21-22(14)11-4-2-1-3-5-11/h1-8H,9H2,(H,18,23). The zero-order valence-corrected chi connectivity index (χ0v) is 13.3. The number of amides is 1. The predicted octanol–water partition coefficient (Wildman–Crippen LogP) is 2.90. The van der Waals surface area contributed by atoms with Gasteiger partial charge in [-0.3, -0.25) is 4.79 Å². The molecule has 2 aromatic carbocycles. The molecular weight excluding hydrogens is 337 g/mol. The summed E-state index contributed by atoms with van der Waals surface area (Å²) in [5.74, 6) is 0.184. The SMILES string of the molecule is O=C(NCc1nnnn1-c1ccccc1)c1ccc(Cl)cc1Cl. The van der Waals surface area contributed by atoms with Crippen molar-refractivity contribution < 1.29 is 4.79 Å². The molecule has 1 aromatic heterocycles. The maximum absolute atomic E-state index is 12.2. The number of hydrogen-bond acceptors (Lipinski definition) is 4. The Kier molecular flexibility index (Phi) is 4.55. The average Bonchev–Trinajstić information content (AvgIpc) is 3.02. The maximum atomic E-state index is 12.2. The van der Waals surface area contributed by atoms with E-state index in [4.69, 9.17) is 23.2 Å². The van der Waals surface area contributed by atoms with Crippen LogP contribution in [0.4, 0.5) is 0 Å². The smallest absolute Gasteiger partial charge is 0.253 e. The molecule has 0 aliphatic carbocycles. The van der Waals surface area contributed by atoms with Crippen molar-refractivity contribution in [2.75, 3.05) is 0 Å². The summed E-state index contributed by atoms with van der Waals surface area (Å²) in [6.45, 7) is 0.166. The molecule has 6 nitrogen and oxygen atoms in total. The molecule has 0 fully saturated rings. The van der Waals surface area contributed by atoms with Crippen LogP contribution in [0.3, 0.4) is 0 Å². The highest BCUT2D eigenvalue weighted by molar-refractivity contribution is 6.36. The molecule has 23 heavy (non-hydrogen) atoms. The van der Waals surface area contributed by atoms with Crippen molar-refractivity contribution in [1.82, 2.24) is 25.5 Å². The van der Waals surface area contributed by atoms with E-state index < -0.39 is 0 Å². The second-order valence-corrected chi connectivity index (χ2v) is 5.49. The minimum atomic E-state index is -0.325. The fraction of sp³-hybridized carbons (Fsp3) is 0.0667. The zero-order valence-electron chi connectivity index (χ0n) is 11.8. The van der Waals surface area contributed by atoms with Crippen molar-refractivity contribution >= 4 is 29.1 Å². The van der Waals surface area contributed by atoms with Gasteiger partial charge in [0, 0.05) is 5.02 Å². The number of carbonyl (C=O) groups is 1. The Morgan fingerprint density at radius 1 is 1.13 bits per heavy atom. The molecule has 0 saturated carbocycles. The molecule has 1 N–H and O–H groups in total. The Hall–Kier alpha value is -2.44. The Morgan fingerprint density at radius 2 is 1.91 bits per heavy atom. The van der Waals surface area contributed by atoms with Crippen molar-refractivity contribution in [3.63, 3.8) is 0 Å². The normalized spacial score (nSPS) is 10.5. The highest BCUT2D eigenvalue weighted by Gasteiger charge is 2.13. The van der Waals surface area contributed by atoms with Crippen LogP contribution in [0.15, 0.2) is 48.5 Å². The fourth-order valence-corrected chi connectivity index (χ4v) is 2.51. The van der Waals surface area contributed by atoms with Gasteiger partial charge in [-0.1, -0.05) is 41.4 Å². The summed E-state index contributed by atoms with van der Waals surface area (Å²) in [4.78, 5) is 12.2. The topological polar surface area (TPSA) is 72.7 Å². The van der Waals surface area contributed by atoms with E-state index in [1.165, 1.54) is 6.07 Å². The van der Waals surface area contributed by atoms with Crippen LogP contribution in [0.5, 0.6) is 0 Å². The van der Waals surface area contributed by atoms with E-state index in [0.717, 1.165) is 5.69 Å². The van der Waals surface area contributed by atoms with E-state index >= 15 is 0 Å². The molecule has 0 saturated heterocycles. The van der Waals surface area contributed by atoms with Crippen molar-refractivity contribution in [1.29, 1.82) is 0 Å². The number of halogens is 2. The molecule has 0 bridgehead atoms. The summed E-state index contributed by atoms with van der Waals surface area (Å²) in [7, 11) is 0. The number of rotatable bonds is 4. The first-order chi connectivity index (χ1) is 11.1. The minimum Gasteiger partial charge on any atom is -0.345 e. The molecule has 1 heterocycles. The van der Waals surface area contributed by atoms with Gasteiger partial charge in [0.05, 0.1) is 22.8 Å². The molecular formula is C15H11Cl2N5O. The van der Waals surface area contributed by atoms with E-state index in [2.05, 4.69) is 20.8 Å². The molecule has 3 aromatic rings. The van der Waals surface area contributed by atoms with Crippen LogP contribution in [0.1, 0.15) is 16.2 Å². The Balaban J connectivity index is 1.74. The number of nitrogens with zero attached hydrogens (tertiary/aromatic N) is 4. The molecule has 8 heteroatoms. The van der Waals surface area contributed by atoms with Crippen LogP contribution in [-0.2, 0) is 6.54 Å². The lowest BCUT2D eigenvalue weighted by Gasteiger charge is -2.07. The van der Waals surface area contributed by atoms with E-state index in [9.17, 15) is 4.79 Å². The maximum Gasteiger partial charge on any atom is 0.253 e. The number of aromatic nitrogens is 4. The number of carbonyl (C=O) groups excluding carboxylic acids is 1. The third kappa shape index (κ3) is 3.49. The van der Waals surface area contributed by atoms with Gasteiger partial charge in [-0.05, 0) is 40.8 Å². The van der Waals surface area contributed by atoms with Crippen molar-refractivity contribution in [2.45, 2.75) is 6.54 Å². The quantitative estimate of drug-likeness (QED) is 0.787. The minimum absolute atomic E-state index is 0.166. The Bertz CT molecular complexity index is 835. The third-order valence-electron chi connectivity index (χ3n) is 3.12. The summed E-state index contributed by atoms with van der Waals surface area (Å²) in [5.41, 5.74) is 1.15. The second kappa shape index (κ2) is 6.76. The van der Waals surface area contributed by atoms with E-state index in [1.807, 2.05) is 30.3 Å². The van der Waals surface area contributed by atoms with Crippen molar-refractivity contribution in [3.8, 4) is 5.69 Å². The van der Waals surface area contributed by atoms with Crippen LogP contribution in [0, 0.1) is 0 Å². The molecule has 0 aliphatic rings. The largest absolute Gasteiger partial charge is 0.345 e. The molecule has 3 rings (SSSR count). The van der Waals surface area contributed by atoms with Gasteiger partial charge in [0.2, 0.25) is 0 Å². The summed E-state index contributed by atoms with van der Waals surface area (Å²) >= 11 is 11.8. The van der Waals surface area contributed by atoms with Crippen LogP contribution in [0.25, 0.3) is 5.69 Å². The Morgan fingerprint density at radius 3 is 2.65 bits per heavy atom. The van der Waals surface area contributed by atoms with Crippen LogP contribution >= 0.6 is 23.2 Å². The summed E-state index contributed by atoms with van der Waals surface area (Å²) < 4.78 is 1.56. The van der Waals surface area contributed by atoms with Gasteiger partial charge in [-0.25, -0.2) is 0 Å². The third-order valence-corrected chi connectivity index (χ3v) is 3.67. The predicted molar refractivity (Wildman–Crippen MR) is 86.8 cm³/mol. The number of para-hydroxylation sites is 1. The van der Waals surface area contributed by atoms with Crippen molar-refractivity contribution in [3.05, 3.63) is 70.0 Å². The first-order valence-corrected chi connectivity index (χ1v) is 7.46. The summed E-state index contributed by atoms with van der Waals surface area (Å²) in [6.07, 6.45) is 0. The van der Waals surface area contributed by atoms with E-state index in [0.29, 0.717) is 16.4 Å². The molecule has 0 radical (unpaired) electrons. The monoisotopic (exact) mass is 347 g/mol. The molecule has 1 amide bonds. The lowest BCUT2D eigenvalue weighted by Crippen LogP contribution is -2.25. The number of benzene rings is 2. The zero-order chi connectivity index (χ0) is 16.2. The van der Waals surface area contributed by atoms with Crippen LogP contribution in [-0.4, -0.2) is 26.1 Å². The summed E-state index contributed by atoms with van der Waals surface area (Å²) in [6, 6.07) is 14.1. The van der Waals surface area contributed by atoms with Gasteiger partial charge >= 0.3 is 0 Å². The van der Waals surface area contributed by atoms with Crippen LogP contribution < -0.4 is 5.32 Å². The van der Waals surface area contributed by atoms with E-state index in [-0.39, 0.29) is 17.5 Å². The lowest BCUT2D eigenvalue weighted by atomic mass is 10.2. The fourth-order valence-electron chi connectivity index (χ4n) is 2.01. The number of nitrogens with one attached hydrogen (secondary N) is 1. The Labute approximate surface area is 142 Å². The second-order valence-electron chi connectivity index (χ2n) is 4.65. The van der Waals surface area contributed by atoms with Gasteiger partial charge in [-0.2, -0.15) is 4.68 Å². The van der Waals surface area contributed by atoms with Gasteiger partial charge in [0.25, 0.3) is 5.91 Å². The number of tetrazole rings is 1. The van der Waals surface area contributed by atoms with Gasteiger partial charge in [-0.15, -0.1) is 5.10 Å². The van der Waals surface area contributed by atoms with Gasteiger partial charge in [0.1, 0.15) is 0 Å². The van der Waals surface area contributed by atoms with Crippen molar-refractivity contribution in [2.24, 2.45) is 0 Å². The summed E-state index contributed by atoms with van der Waals surface area (Å²) in [5, 5.41) is 15.0. The lowest BCUT2D eigenvalue weighted by molar-refractivity contribution is 0.0950. The van der Waals surface area contributed by atoms with Gasteiger partial charge < -0.3 is 5.32 Å². The highest BCUT2D eigenvalue weighted by Crippen LogP contribution is 2.20. The molecule has 0 aliphatic heterocycles. The molecule has 0 unspecified atom stereocenters. The first-order valence-electron chi connectivity index (χ1n) is 6.71. The molecule has 0 spiro atoms. The molecule has 0 atom stereocenters.